The van der Waals surface area contributed by atoms with Crippen molar-refractivity contribution in [1.82, 2.24) is 0 Å². The summed E-state index contributed by atoms with van der Waals surface area (Å²) in [6.07, 6.45) is 0. The molecule has 4 heteroatoms. The van der Waals surface area contributed by atoms with Gasteiger partial charge in [0, 0.05) is 11.1 Å². The molecule has 0 unspecified atom stereocenters. The molecule has 2 nitrogen and oxygen atoms in total. The molecule has 0 aliphatic rings. The van der Waals surface area contributed by atoms with Crippen LogP contribution in [0.5, 0.6) is 5.75 Å². The lowest BCUT2D eigenvalue weighted by Gasteiger charge is -2.09. The number of benzene rings is 1. The quantitative estimate of drug-likeness (QED) is 0.767. The van der Waals surface area contributed by atoms with Crippen molar-refractivity contribution in [3.05, 3.63) is 23.2 Å². The van der Waals surface area contributed by atoms with Gasteiger partial charge in [-0.3, -0.25) is 0 Å². The van der Waals surface area contributed by atoms with Gasteiger partial charge < -0.3 is 10.1 Å². The Morgan fingerprint density at radius 2 is 2.23 bits per heavy atom. The average molecular weight is 216 g/mol. The molecule has 1 aromatic carbocycles. The van der Waals surface area contributed by atoms with Gasteiger partial charge in [-0.2, -0.15) is 0 Å². The van der Waals surface area contributed by atoms with Crippen molar-refractivity contribution in [3.63, 3.8) is 0 Å². The molecule has 0 saturated heterocycles. The molecule has 0 spiro atoms. The van der Waals surface area contributed by atoms with Crippen molar-refractivity contribution in [3.8, 4) is 5.75 Å². The monoisotopic (exact) mass is 215 g/mol. The van der Waals surface area contributed by atoms with E-state index in [1.54, 1.807) is 19.2 Å². The molecule has 0 amide bonds. The summed E-state index contributed by atoms with van der Waals surface area (Å²) in [6, 6.07) is 5.35. The van der Waals surface area contributed by atoms with Gasteiger partial charge in [0.1, 0.15) is 5.75 Å². The third-order valence-corrected chi connectivity index (χ3v) is 1.81. The second-order valence-electron chi connectivity index (χ2n) is 2.53. The van der Waals surface area contributed by atoms with Crippen LogP contribution in [0.25, 0.3) is 0 Å². The van der Waals surface area contributed by atoms with E-state index in [-0.39, 0.29) is 0 Å². The number of rotatable bonds is 2. The number of ether oxygens (including phenoxy) is 1. The van der Waals surface area contributed by atoms with E-state index in [1.807, 2.05) is 13.0 Å². The maximum atomic E-state index is 5.79. The van der Waals surface area contributed by atoms with Gasteiger partial charge in [-0.15, -0.1) is 0 Å². The predicted octanol–water partition coefficient (Wildman–Crippen LogP) is 3.11. The fourth-order valence-electron chi connectivity index (χ4n) is 0.958. The molecule has 0 aromatic heterocycles. The number of anilines is 1. The summed E-state index contributed by atoms with van der Waals surface area (Å²) in [6.45, 7) is 1.81. The Kier molecular flexibility index (Phi) is 3.51. The van der Waals surface area contributed by atoms with Crippen molar-refractivity contribution in [2.75, 3.05) is 12.4 Å². The molecule has 0 fully saturated rings. The summed E-state index contributed by atoms with van der Waals surface area (Å²) in [7, 11) is 1.59. The Morgan fingerprint density at radius 3 is 2.77 bits per heavy atom. The maximum Gasteiger partial charge on any atom is 0.143 e. The predicted molar refractivity (Wildman–Crippen MR) is 59.9 cm³/mol. The summed E-state index contributed by atoms with van der Waals surface area (Å²) < 4.78 is 5.12. The highest BCUT2D eigenvalue weighted by Crippen LogP contribution is 2.27. The Hall–Kier alpha value is -0.800. The summed E-state index contributed by atoms with van der Waals surface area (Å²) >= 11 is 10.7. The van der Waals surface area contributed by atoms with Crippen molar-refractivity contribution >= 4 is 34.5 Å². The Bertz CT molecular complexity index is 327. The summed E-state index contributed by atoms with van der Waals surface area (Å²) in [5.74, 6) is 0.691. The Labute approximate surface area is 87.9 Å². The van der Waals surface area contributed by atoms with Crippen LogP contribution >= 0.6 is 23.8 Å². The van der Waals surface area contributed by atoms with Gasteiger partial charge in [-0.1, -0.05) is 23.8 Å². The van der Waals surface area contributed by atoms with Gasteiger partial charge in [0.25, 0.3) is 0 Å². The van der Waals surface area contributed by atoms with Crippen LogP contribution < -0.4 is 10.1 Å². The van der Waals surface area contributed by atoms with Crippen molar-refractivity contribution in [2.45, 2.75) is 6.92 Å². The van der Waals surface area contributed by atoms with Crippen LogP contribution in [0.4, 0.5) is 5.69 Å². The highest BCUT2D eigenvalue weighted by atomic mass is 35.5. The molecular weight excluding hydrogens is 206 g/mol. The zero-order valence-electron chi connectivity index (χ0n) is 7.43. The zero-order chi connectivity index (χ0) is 9.84. The highest BCUT2D eigenvalue weighted by Gasteiger charge is 2.02. The first-order valence-electron chi connectivity index (χ1n) is 3.74. The molecule has 0 saturated carbocycles. The van der Waals surface area contributed by atoms with E-state index < -0.39 is 0 Å². The van der Waals surface area contributed by atoms with E-state index in [0.717, 1.165) is 5.69 Å². The van der Waals surface area contributed by atoms with Gasteiger partial charge in [-0.05, 0) is 19.1 Å². The molecule has 0 heterocycles. The number of thiocarbonyl (C=S) groups is 1. The maximum absolute atomic E-state index is 5.79. The smallest absolute Gasteiger partial charge is 0.143 e. The fraction of sp³-hybridized carbons (Fsp3) is 0.222. The van der Waals surface area contributed by atoms with E-state index in [2.05, 4.69) is 5.32 Å². The lowest BCUT2D eigenvalue weighted by Crippen LogP contribution is -2.04. The normalized spacial score (nSPS) is 9.46. The molecule has 70 valence electrons. The number of nitrogens with one attached hydrogen (secondary N) is 1. The zero-order valence-corrected chi connectivity index (χ0v) is 9.00. The minimum atomic E-state index is 0.643. The lowest BCUT2D eigenvalue weighted by molar-refractivity contribution is 0.417. The van der Waals surface area contributed by atoms with Gasteiger partial charge >= 0.3 is 0 Å². The third-order valence-electron chi connectivity index (χ3n) is 1.47. The number of methoxy groups -OCH3 is 1. The molecule has 0 aliphatic heterocycles. The molecule has 13 heavy (non-hydrogen) atoms. The van der Waals surface area contributed by atoms with E-state index in [0.29, 0.717) is 15.8 Å². The minimum Gasteiger partial charge on any atom is -0.495 e. The summed E-state index contributed by atoms with van der Waals surface area (Å²) in [5, 5.41) is 3.64. The van der Waals surface area contributed by atoms with Crippen LogP contribution in [0, 0.1) is 0 Å². The Morgan fingerprint density at radius 1 is 1.54 bits per heavy atom. The molecule has 0 radical (unpaired) electrons. The topological polar surface area (TPSA) is 21.3 Å². The SMILES string of the molecule is COc1cc(Cl)ccc1NC(C)=S. The first-order valence-corrected chi connectivity index (χ1v) is 4.53. The second kappa shape index (κ2) is 4.44. The lowest BCUT2D eigenvalue weighted by atomic mass is 10.3. The van der Waals surface area contributed by atoms with Crippen LogP contribution in [0.1, 0.15) is 6.92 Å². The summed E-state index contributed by atoms with van der Waals surface area (Å²) in [5.41, 5.74) is 0.833. The van der Waals surface area contributed by atoms with Crippen molar-refractivity contribution in [2.24, 2.45) is 0 Å². The number of halogens is 1. The molecule has 0 aliphatic carbocycles. The molecule has 1 aromatic rings. The van der Waals surface area contributed by atoms with Crippen molar-refractivity contribution < 1.29 is 4.74 Å². The molecule has 1 N–H and O–H groups in total. The molecule has 1 rings (SSSR count). The van der Waals surface area contributed by atoms with Gasteiger partial charge in [0.2, 0.25) is 0 Å². The molecule has 0 atom stereocenters. The van der Waals surface area contributed by atoms with Gasteiger partial charge in [0.05, 0.1) is 17.8 Å². The van der Waals surface area contributed by atoms with Crippen LogP contribution in [0.15, 0.2) is 18.2 Å². The first kappa shape index (κ1) is 10.3. The molecule has 0 bridgehead atoms. The Balaban J connectivity index is 2.99. The van der Waals surface area contributed by atoms with Crippen LogP contribution in [-0.4, -0.2) is 12.1 Å². The number of hydrogen-bond donors (Lipinski definition) is 1. The van der Waals surface area contributed by atoms with E-state index >= 15 is 0 Å². The standard InChI is InChI=1S/C9H10ClNOS/c1-6(13)11-8-4-3-7(10)5-9(8)12-2/h3-5H,1-2H3,(H,11,13). The van der Waals surface area contributed by atoms with E-state index in [9.17, 15) is 0 Å². The largest absolute Gasteiger partial charge is 0.495 e. The van der Waals surface area contributed by atoms with E-state index in [1.165, 1.54) is 0 Å². The first-order chi connectivity index (χ1) is 6.13. The van der Waals surface area contributed by atoms with Gasteiger partial charge in [-0.25, -0.2) is 0 Å². The highest BCUT2D eigenvalue weighted by molar-refractivity contribution is 7.80. The molecular formula is C9H10ClNOS. The fourth-order valence-corrected chi connectivity index (χ4v) is 1.23. The third kappa shape index (κ3) is 2.86. The summed E-state index contributed by atoms with van der Waals surface area (Å²) in [4.78, 5) is 0.695. The average Bonchev–Trinajstić information content (AvgIpc) is 2.07. The van der Waals surface area contributed by atoms with Gasteiger partial charge in [0.15, 0.2) is 0 Å². The minimum absolute atomic E-state index is 0.643. The van der Waals surface area contributed by atoms with E-state index in [4.69, 9.17) is 28.6 Å². The second-order valence-corrected chi connectivity index (χ2v) is 3.57. The van der Waals surface area contributed by atoms with Crippen LogP contribution in [0.3, 0.4) is 0 Å². The number of hydrogen-bond acceptors (Lipinski definition) is 2. The van der Waals surface area contributed by atoms with Crippen LogP contribution in [-0.2, 0) is 0 Å². The van der Waals surface area contributed by atoms with Crippen LogP contribution in [0.2, 0.25) is 5.02 Å². The van der Waals surface area contributed by atoms with Crippen molar-refractivity contribution in [1.29, 1.82) is 0 Å².